The number of ketones is 1. The number of anilines is 1. The maximum Gasteiger partial charge on any atom is 0.301 e. The number of Topliss-reactive ketones (excluding diaryl/α,β-unsaturated/α-hetero) is 1. The van der Waals surface area contributed by atoms with Crippen molar-refractivity contribution in [2.24, 2.45) is 0 Å². The molecule has 1 saturated heterocycles. The Morgan fingerprint density at radius 2 is 1.83 bits per heavy atom. The van der Waals surface area contributed by atoms with Gasteiger partial charge in [0.05, 0.1) is 35.0 Å². The van der Waals surface area contributed by atoms with E-state index in [-0.39, 0.29) is 17.4 Å². The van der Waals surface area contributed by atoms with Crippen molar-refractivity contribution in [1.29, 1.82) is 0 Å². The number of aliphatic hydroxyl groups is 1. The molecule has 1 fully saturated rings. The van der Waals surface area contributed by atoms with Gasteiger partial charge in [0.25, 0.3) is 5.78 Å². The minimum Gasteiger partial charge on any atom is -0.507 e. The number of nitrogens with zero attached hydrogens (tertiary/aromatic N) is 2. The third-order valence-corrected chi connectivity index (χ3v) is 8.17. The van der Waals surface area contributed by atoms with Crippen LogP contribution in [0.4, 0.5) is 5.13 Å². The molecular weight excluding hydrogens is 540 g/mol. The van der Waals surface area contributed by atoms with Crippen LogP contribution in [0.1, 0.15) is 49.9 Å². The Kier molecular flexibility index (Phi) is 7.13. The van der Waals surface area contributed by atoms with Crippen LogP contribution in [-0.4, -0.2) is 41.1 Å². The molecule has 6 rings (SSSR count). The smallest absolute Gasteiger partial charge is 0.301 e. The van der Waals surface area contributed by atoms with Crippen molar-refractivity contribution in [3.05, 3.63) is 82.9 Å². The van der Waals surface area contributed by atoms with Crippen LogP contribution in [0.3, 0.4) is 0 Å². The van der Waals surface area contributed by atoms with E-state index in [1.165, 1.54) is 16.2 Å². The Hall–Kier alpha value is -4.37. The molecule has 41 heavy (non-hydrogen) atoms. The first kappa shape index (κ1) is 26.8. The number of hydrogen-bond acceptors (Lipinski definition) is 8. The molecule has 3 heterocycles. The van der Waals surface area contributed by atoms with Gasteiger partial charge in [0.15, 0.2) is 5.13 Å². The van der Waals surface area contributed by atoms with E-state index < -0.39 is 17.7 Å². The molecule has 1 amide bonds. The first-order valence-corrected chi connectivity index (χ1v) is 14.6. The molecule has 0 unspecified atom stereocenters. The summed E-state index contributed by atoms with van der Waals surface area (Å²) < 4.78 is 18.0. The van der Waals surface area contributed by atoms with Crippen LogP contribution in [-0.2, 0) is 16.0 Å². The first-order valence-electron chi connectivity index (χ1n) is 13.7. The molecule has 3 aromatic carbocycles. The van der Waals surface area contributed by atoms with Gasteiger partial charge in [-0.3, -0.25) is 14.5 Å². The van der Waals surface area contributed by atoms with Crippen LogP contribution in [0, 0.1) is 0 Å². The van der Waals surface area contributed by atoms with Gasteiger partial charge in [0.1, 0.15) is 29.1 Å². The maximum absolute atomic E-state index is 13.6. The lowest BCUT2D eigenvalue weighted by atomic mass is 9.94. The topological polar surface area (TPSA) is 98.2 Å². The molecule has 4 aromatic rings. The van der Waals surface area contributed by atoms with Crippen LogP contribution >= 0.6 is 11.3 Å². The van der Waals surface area contributed by atoms with E-state index in [2.05, 4.69) is 0 Å². The number of fused-ring (bicyclic) bond motifs is 2. The largest absolute Gasteiger partial charge is 0.507 e. The Balaban J connectivity index is 1.48. The third-order valence-electron chi connectivity index (χ3n) is 7.15. The van der Waals surface area contributed by atoms with Crippen LogP contribution in [0.25, 0.3) is 16.0 Å². The zero-order valence-corrected chi connectivity index (χ0v) is 23.9. The zero-order chi connectivity index (χ0) is 28.7. The molecule has 0 spiro atoms. The van der Waals surface area contributed by atoms with Gasteiger partial charge in [-0.15, -0.1) is 0 Å². The van der Waals surface area contributed by atoms with Crippen molar-refractivity contribution in [2.45, 2.75) is 45.8 Å². The number of carbonyl (C=O) groups is 2. The molecule has 1 aromatic heterocycles. The normalized spacial score (nSPS) is 19.4. The van der Waals surface area contributed by atoms with E-state index in [9.17, 15) is 14.7 Å². The van der Waals surface area contributed by atoms with Gasteiger partial charge < -0.3 is 19.3 Å². The van der Waals surface area contributed by atoms with Crippen molar-refractivity contribution in [2.75, 3.05) is 18.1 Å². The van der Waals surface area contributed by atoms with E-state index in [1.54, 1.807) is 12.1 Å². The fourth-order valence-electron chi connectivity index (χ4n) is 5.29. The highest BCUT2D eigenvalue weighted by Gasteiger charge is 2.48. The van der Waals surface area contributed by atoms with Crippen molar-refractivity contribution in [3.63, 3.8) is 0 Å². The van der Waals surface area contributed by atoms with Crippen molar-refractivity contribution in [1.82, 2.24) is 4.98 Å². The van der Waals surface area contributed by atoms with Gasteiger partial charge in [-0.1, -0.05) is 30.4 Å². The monoisotopic (exact) mass is 570 g/mol. The number of benzene rings is 3. The van der Waals surface area contributed by atoms with Gasteiger partial charge >= 0.3 is 5.91 Å². The number of aliphatic hydroxyl groups excluding tert-OH is 1. The van der Waals surface area contributed by atoms with Crippen molar-refractivity contribution in [3.8, 4) is 17.2 Å². The predicted molar refractivity (Wildman–Crippen MR) is 158 cm³/mol. The minimum atomic E-state index is -0.884. The number of aromatic nitrogens is 1. The maximum atomic E-state index is 13.6. The summed E-state index contributed by atoms with van der Waals surface area (Å²) in [6.07, 6.45) is 1.60. The van der Waals surface area contributed by atoms with E-state index in [0.29, 0.717) is 52.9 Å². The molecule has 0 radical (unpaired) electrons. The van der Waals surface area contributed by atoms with Crippen molar-refractivity contribution >= 4 is 44.1 Å². The Bertz CT molecular complexity index is 1680. The third kappa shape index (κ3) is 4.91. The molecule has 210 valence electrons. The number of carbonyl (C=O) groups excluding carboxylic acids is 2. The van der Waals surface area contributed by atoms with E-state index in [1.807, 2.05) is 69.3 Å². The van der Waals surface area contributed by atoms with E-state index in [0.717, 1.165) is 22.4 Å². The summed E-state index contributed by atoms with van der Waals surface area (Å²) in [7, 11) is 0. The molecule has 9 heteroatoms. The molecule has 0 aliphatic carbocycles. The van der Waals surface area contributed by atoms with Crippen LogP contribution in [0.15, 0.2) is 66.2 Å². The Morgan fingerprint density at radius 1 is 1.05 bits per heavy atom. The van der Waals surface area contributed by atoms with Crippen LogP contribution in [0.2, 0.25) is 0 Å². The molecule has 2 aliphatic rings. The van der Waals surface area contributed by atoms with Gasteiger partial charge in [-0.2, -0.15) is 0 Å². The minimum absolute atomic E-state index is 0.0124. The Labute approximate surface area is 241 Å². The number of ether oxygens (including phenoxy) is 3. The molecule has 1 N–H and O–H groups in total. The molecule has 2 aliphatic heterocycles. The van der Waals surface area contributed by atoms with Gasteiger partial charge in [0.2, 0.25) is 0 Å². The second-order valence-electron chi connectivity index (χ2n) is 10.1. The molecule has 2 atom stereocenters. The summed E-state index contributed by atoms with van der Waals surface area (Å²) in [5.41, 5.74) is 2.75. The molecule has 0 saturated carbocycles. The second-order valence-corrected chi connectivity index (χ2v) is 11.1. The summed E-state index contributed by atoms with van der Waals surface area (Å²) in [5, 5.41) is 12.0. The molecule has 0 bridgehead atoms. The van der Waals surface area contributed by atoms with E-state index in [4.69, 9.17) is 19.2 Å². The summed E-state index contributed by atoms with van der Waals surface area (Å²) in [6.45, 7) is 7.03. The average Bonchev–Trinajstić information content (AvgIpc) is 3.64. The van der Waals surface area contributed by atoms with Gasteiger partial charge in [-0.05, 0) is 79.9 Å². The first-order chi connectivity index (χ1) is 19.9. The second kappa shape index (κ2) is 10.9. The highest BCUT2D eigenvalue weighted by Crippen LogP contribution is 2.45. The fourth-order valence-corrected chi connectivity index (χ4v) is 6.31. The zero-order valence-electron chi connectivity index (χ0n) is 23.0. The average molecular weight is 571 g/mol. The van der Waals surface area contributed by atoms with Gasteiger partial charge in [-0.25, -0.2) is 4.98 Å². The highest BCUT2D eigenvalue weighted by molar-refractivity contribution is 7.22. The number of amides is 1. The van der Waals surface area contributed by atoms with Crippen LogP contribution < -0.4 is 19.1 Å². The summed E-state index contributed by atoms with van der Waals surface area (Å²) in [5.74, 6) is 0.400. The molecule has 8 nitrogen and oxygen atoms in total. The quantitative estimate of drug-likeness (QED) is 0.148. The van der Waals surface area contributed by atoms with E-state index >= 15 is 0 Å². The number of thiazole rings is 1. The standard InChI is InChI=1S/C32H30N2O6S/c1-4-14-39-22-9-6-19(7-10-22)28-27(29(35)20-8-13-25-21(16-20)15-18(3)40-25)30(36)31(37)34(28)32-33-24-12-11-23(38-5-2)17-26(24)41-32/h6-13,16-18,28,35H,4-5,14-15H2,1-3H3/t18-,28+/m0/s1. The lowest BCUT2D eigenvalue weighted by Crippen LogP contribution is -2.29. The number of hydrogen-bond donors (Lipinski definition) is 1. The predicted octanol–water partition coefficient (Wildman–Crippen LogP) is 6.43. The van der Waals surface area contributed by atoms with Crippen LogP contribution in [0.5, 0.6) is 17.2 Å². The van der Waals surface area contributed by atoms with Gasteiger partial charge in [0, 0.05) is 12.0 Å². The lowest BCUT2D eigenvalue weighted by Gasteiger charge is -2.23. The summed E-state index contributed by atoms with van der Waals surface area (Å²) >= 11 is 1.30. The fraction of sp³-hybridized carbons (Fsp3) is 0.281. The lowest BCUT2D eigenvalue weighted by molar-refractivity contribution is -0.132. The number of rotatable bonds is 8. The SMILES string of the molecule is CCCOc1ccc([C@@H]2C(=C(O)c3ccc4c(c3)C[C@H](C)O4)C(=O)C(=O)N2c2nc3ccc(OCC)cc3s2)cc1. The Morgan fingerprint density at radius 3 is 2.59 bits per heavy atom. The summed E-state index contributed by atoms with van der Waals surface area (Å²) in [4.78, 5) is 33.4. The molecular formula is C32H30N2O6S. The highest BCUT2D eigenvalue weighted by atomic mass is 32.1. The van der Waals surface area contributed by atoms with Crippen molar-refractivity contribution < 1.29 is 28.9 Å². The summed E-state index contributed by atoms with van der Waals surface area (Å²) in [6, 6.07) is 17.2.